The van der Waals surface area contributed by atoms with E-state index in [0.717, 1.165) is 22.8 Å². The second-order valence-electron chi connectivity index (χ2n) is 4.85. The lowest BCUT2D eigenvalue weighted by atomic mass is 10.0. The molecule has 0 aromatic carbocycles. The predicted octanol–water partition coefficient (Wildman–Crippen LogP) is 3.45. The van der Waals surface area contributed by atoms with Crippen LogP contribution in [0.5, 0.6) is 0 Å². The van der Waals surface area contributed by atoms with E-state index in [-0.39, 0.29) is 0 Å². The Bertz CT molecular complexity index is 352. The number of rotatable bonds is 4. The third-order valence-electron chi connectivity index (χ3n) is 3.68. The van der Waals surface area contributed by atoms with Crippen LogP contribution in [0.25, 0.3) is 0 Å². The minimum atomic E-state index is 0.648. The van der Waals surface area contributed by atoms with Crippen LogP contribution >= 0.6 is 15.9 Å². The zero-order chi connectivity index (χ0) is 10.3. The average Bonchev–Trinajstić information content (AvgIpc) is 3.10. The Morgan fingerprint density at radius 2 is 2.20 bits per heavy atom. The fraction of sp³-hybridized carbons (Fsp3) is 0.583. The fourth-order valence-electron chi connectivity index (χ4n) is 2.33. The van der Waals surface area contributed by atoms with E-state index in [1.807, 2.05) is 18.3 Å². The van der Waals surface area contributed by atoms with E-state index in [0.29, 0.717) is 5.41 Å². The molecule has 1 aromatic heterocycles. The molecule has 3 heteroatoms. The van der Waals surface area contributed by atoms with Crippen LogP contribution in [-0.2, 0) is 0 Å². The Labute approximate surface area is 98.6 Å². The molecule has 1 aromatic rings. The van der Waals surface area contributed by atoms with Gasteiger partial charge < -0.3 is 5.32 Å². The predicted molar refractivity (Wildman–Crippen MR) is 64.8 cm³/mol. The molecule has 2 saturated carbocycles. The van der Waals surface area contributed by atoms with E-state index in [1.54, 1.807) is 0 Å². The van der Waals surface area contributed by atoms with Crippen molar-refractivity contribution in [2.45, 2.75) is 25.7 Å². The molecule has 2 aliphatic carbocycles. The summed E-state index contributed by atoms with van der Waals surface area (Å²) in [6, 6.07) is 4.07. The summed E-state index contributed by atoms with van der Waals surface area (Å²) < 4.78 is 1.04. The van der Waals surface area contributed by atoms with Gasteiger partial charge in [0.2, 0.25) is 0 Å². The van der Waals surface area contributed by atoms with Crippen LogP contribution in [0, 0.1) is 11.3 Å². The maximum atomic E-state index is 4.33. The molecule has 1 N–H and O–H groups in total. The van der Waals surface area contributed by atoms with Gasteiger partial charge in [-0.2, -0.15) is 0 Å². The van der Waals surface area contributed by atoms with Crippen molar-refractivity contribution in [3.05, 3.63) is 22.8 Å². The Hall–Kier alpha value is -0.570. The average molecular weight is 267 g/mol. The minimum absolute atomic E-state index is 0.648. The van der Waals surface area contributed by atoms with Gasteiger partial charge in [-0.15, -0.1) is 0 Å². The molecule has 2 aliphatic rings. The van der Waals surface area contributed by atoms with Gasteiger partial charge in [0, 0.05) is 17.2 Å². The number of nitrogens with zero attached hydrogens (tertiary/aromatic N) is 1. The molecule has 3 rings (SSSR count). The first kappa shape index (κ1) is 9.64. The monoisotopic (exact) mass is 266 g/mol. The van der Waals surface area contributed by atoms with Gasteiger partial charge in [-0.1, -0.05) is 0 Å². The van der Waals surface area contributed by atoms with Crippen molar-refractivity contribution in [2.75, 3.05) is 11.9 Å². The molecule has 0 bridgehead atoms. The van der Waals surface area contributed by atoms with Crippen molar-refractivity contribution < 1.29 is 0 Å². The van der Waals surface area contributed by atoms with Crippen molar-refractivity contribution in [1.29, 1.82) is 0 Å². The van der Waals surface area contributed by atoms with Crippen LogP contribution in [-0.4, -0.2) is 11.5 Å². The molecule has 0 saturated heterocycles. The molecule has 2 fully saturated rings. The number of anilines is 1. The fourth-order valence-corrected chi connectivity index (χ4v) is 2.57. The smallest absolute Gasteiger partial charge is 0.125 e. The molecule has 15 heavy (non-hydrogen) atoms. The van der Waals surface area contributed by atoms with Gasteiger partial charge in [0.05, 0.1) is 0 Å². The summed E-state index contributed by atoms with van der Waals surface area (Å²) in [7, 11) is 0. The number of nitrogens with one attached hydrogen (secondary N) is 1. The molecule has 0 atom stereocenters. The minimum Gasteiger partial charge on any atom is -0.370 e. The maximum absolute atomic E-state index is 4.33. The normalized spacial score (nSPS) is 22.5. The van der Waals surface area contributed by atoms with E-state index in [2.05, 4.69) is 26.2 Å². The summed E-state index contributed by atoms with van der Waals surface area (Å²) in [4.78, 5) is 4.33. The molecule has 80 valence electrons. The standard InChI is InChI=1S/C12H15BrN2/c13-10-3-4-11(14-7-10)15-8-12(5-6-12)9-1-2-9/h3-4,7,9H,1-2,5-6,8H2,(H,14,15). The van der Waals surface area contributed by atoms with E-state index >= 15 is 0 Å². The first-order valence-corrected chi connectivity index (χ1v) is 6.43. The summed E-state index contributed by atoms with van der Waals surface area (Å²) in [6.45, 7) is 1.12. The quantitative estimate of drug-likeness (QED) is 0.903. The molecule has 0 unspecified atom stereocenters. The Morgan fingerprint density at radius 1 is 1.40 bits per heavy atom. The molecule has 0 radical (unpaired) electrons. The SMILES string of the molecule is Brc1ccc(NCC2(C3CC3)CC2)nc1. The summed E-state index contributed by atoms with van der Waals surface area (Å²) in [6.07, 6.45) is 7.59. The van der Waals surface area contributed by atoms with E-state index in [1.165, 1.54) is 25.7 Å². The van der Waals surface area contributed by atoms with Crippen molar-refractivity contribution in [2.24, 2.45) is 11.3 Å². The molecule has 2 nitrogen and oxygen atoms in total. The van der Waals surface area contributed by atoms with E-state index in [9.17, 15) is 0 Å². The van der Waals surface area contributed by atoms with Crippen molar-refractivity contribution in [3.63, 3.8) is 0 Å². The van der Waals surface area contributed by atoms with Gasteiger partial charge in [-0.3, -0.25) is 0 Å². The van der Waals surface area contributed by atoms with Crippen molar-refractivity contribution in [1.82, 2.24) is 4.98 Å². The van der Waals surface area contributed by atoms with Gasteiger partial charge in [-0.25, -0.2) is 4.98 Å². The van der Waals surface area contributed by atoms with Crippen molar-refractivity contribution >= 4 is 21.7 Å². The summed E-state index contributed by atoms with van der Waals surface area (Å²) >= 11 is 3.39. The summed E-state index contributed by atoms with van der Waals surface area (Å²) in [5, 5.41) is 3.46. The molecule has 0 amide bonds. The number of pyridine rings is 1. The maximum Gasteiger partial charge on any atom is 0.125 e. The molecule has 0 aliphatic heterocycles. The lowest BCUT2D eigenvalue weighted by molar-refractivity contribution is 0.466. The lowest BCUT2D eigenvalue weighted by Crippen LogP contribution is -2.17. The van der Waals surface area contributed by atoms with Crippen LogP contribution in [0.3, 0.4) is 0 Å². The van der Waals surface area contributed by atoms with E-state index < -0.39 is 0 Å². The Balaban J connectivity index is 1.59. The Kier molecular flexibility index (Phi) is 2.23. The van der Waals surface area contributed by atoms with E-state index in [4.69, 9.17) is 0 Å². The molecule has 0 spiro atoms. The highest BCUT2D eigenvalue weighted by Crippen LogP contribution is 2.61. The summed E-state index contributed by atoms with van der Waals surface area (Å²) in [5.41, 5.74) is 0.648. The Morgan fingerprint density at radius 3 is 2.73 bits per heavy atom. The van der Waals surface area contributed by atoms with Gasteiger partial charge in [0.25, 0.3) is 0 Å². The second kappa shape index (κ2) is 3.48. The second-order valence-corrected chi connectivity index (χ2v) is 5.77. The van der Waals surface area contributed by atoms with Crippen LogP contribution < -0.4 is 5.32 Å². The largest absolute Gasteiger partial charge is 0.370 e. The van der Waals surface area contributed by atoms with Crippen LogP contribution in [0.15, 0.2) is 22.8 Å². The van der Waals surface area contributed by atoms with Gasteiger partial charge in [-0.05, 0) is 65.1 Å². The lowest BCUT2D eigenvalue weighted by Gasteiger charge is -2.15. The van der Waals surface area contributed by atoms with Crippen molar-refractivity contribution in [3.8, 4) is 0 Å². The van der Waals surface area contributed by atoms with Gasteiger partial charge >= 0.3 is 0 Å². The topological polar surface area (TPSA) is 24.9 Å². The number of hydrogen-bond donors (Lipinski definition) is 1. The highest BCUT2D eigenvalue weighted by atomic mass is 79.9. The third-order valence-corrected chi connectivity index (χ3v) is 4.15. The highest BCUT2D eigenvalue weighted by molar-refractivity contribution is 9.10. The molecule has 1 heterocycles. The zero-order valence-electron chi connectivity index (χ0n) is 8.67. The third kappa shape index (κ3) is 2.03. The number of aromatic nitrogens is 1. The van der Waals surface area contributed by atoms with Crippen LogP contribution in [0.2, 0.25) is 0 Å². The number of hydrogen-bond acceptors (Lipinski definition) is 2. The highest BCUT2D eigenvalue weighted by Gasteiger charge is 2.53. The van der Waals surface area contributed by atoms with Crippen LogP contribution in [0.4, 0.5) is 5.82 Å². The zero-order valence-corrected chi connectivity index (χ0v) is 10.3. The first-order valence-electron chi connectivity index (χ1n) is 5.64. The summed E-state index contributed by atoms with van der Waals surface area (Å²) in [5.74, 6) is 2.02. The molecular weight excluding hydrogens is 252 g/mol. The first-order chi connectivity index (χ1) is 7.28. The number of halogens is 1. The molecular formula is C12H15BrN2. The van der Waals surface area contributed by atoms with Crippen LogP contribution in [0.1, 0.15) is 25.7 Å². The van der Waals surface area contributed by atoms with Gasteiger partial charge in [0.15, 0.2) is 0 Å². The van der Waals surface area contributed by atoms with Gasteiger partial charge in [0.1, 0.15) is 5.82 Å².